The lowest BCUT2D eigenvalue weighted by molar-refractivity contribution is -0.00391. The van der Waals surface area contributed by atoms with Gasteiger partial charge in [-0.2, -0.15) is 0 Å². The SMILES string of the molecule is CC(O)C(C)OCC#CI.CNC(=O)O. The maximum atomic E-state index is 9.26. The topological polar surface area (TPSA) is 78.8 Å². The zero-order valence-corrected chi connectivity index (χ0v) is 11.1. The smallest absolute Gasteiger partial charge is 0.404 e. The number of carboxylic acid groups (broad SMARTS) is 1. The molecule has 0 aliphatic carbocycles. The van der Waals surface area contributed by atoms with Crippen LogP contribution >= 0.6 is 22.6 Å². The van der Waals surface area contributed by atoms with Crippen molar-refractivity contribution in [3.8, 4) is 9.85 Å². The van der Waals surface area contributed by atoms with Crippen LogP contribution in [0, 0.1) is 9.85 Å². The Balaban J connectivity index is 0. The second-order valence-electron chi connectivity index (χ2n) is 2.58. The summed E-state index contributed by atoms with van der Waals surface area (Å²) in [7, 11) is 1.35. The van der Waals surface area contributed by atoms with Crippen LogP contribution in [0.1, 0.15) is 13.8 Å². The average molecular weight is 329 g/mol. The van der Waals surface area contributed by atoms with Gasteiger partial charge in [0.1, 0.15) is 6.61 Å². The molecule has 15 heavy (non-hydrogen) atoms. The van der Waals surface area contributed by atoms with Crippen LogP contribution in [0.15, 0.2) is 0 Å². The quantitative estimate of drug-likeness (QED) is 0.534. The Labute approximate surface area is 103 Å². The van der Waals surface area contributed by atoms with E-state index in [1.807, 2.05) is 34.8 Å². The van der Waals surface area contributed by atoms with Gasteiger partial charge in [-0.15, -0.1) is 0 Å². The molecule has 0 aromatic carbocycles. The van der Waals surface area contributed by atoms with Gasteiger partial charge < -0.3 is 20.3 Å². The summed E-state index contributed by atoms with van der Waals surface area (Å²) >= 11 is 1.95. The molecule has 1 amide bonds. The van der Waals surface area contributed by atoms with Crippen LogP contribution < -0.4 is 5.32 Å². The number of hydrogen-bond acceptors (Lipinski definition) is 3. The van der Waals surface area contributed by atoms with Gasteiger partial charge in [-0.1, -0.05) is 5.92 Å². The first kappa shape index (κ1) is 16.9. The van der Waals surface area contributed by atoms with Gasteiger partial charge in [0.2, 0.25) is 0 Å². The number of carbonyl (C=O) groups is 1. The molecule has 0 saturated carbocycles. The van der Waals surface area contributed by atoms with E-state index in [0.29, 0.717) is 6.61 Å². The van der Waals surface area contributed by atoms with E-state index < -0.39 is 12.2 Å². The molecule has 0 aromatic rings. The molecule has 0 bridgehead atoms. The monoisotopic (exact) mass is 329 g/mol. The Morgan fingerprint density at radius 3 is 2.33 bits per heavy atom. The number of hydrogen-bond donors (Lipinski definition) is 3. The minimum atomic E-state index is -0.995. The number of aliphatic hydroxyl groups is 1. The van der Waals surface area contributed by atoms with Crippen molar-refractivity contribution in [1.29, 1.82) is 0 Å². The molecule has 2 unspecified atom stereocenters. The lowest BCUT2D eigenvalue weighted by Crippen LogP contribution is -2.22. The Bertz CT molecular complexity index is 222. The second-order valence-corrected chi connectivity index (χ2v) is 3.12. The van der Waals surface area contributed by atoms with Crippen molar-refractivity contribution >= 4 is 28.7 Å². The van der Waals surface area contributed by atoms with Crippen molar-refractivity contribution in [2.45, 2.75) is 26.1 Å². The largest absolute Gasteiger partial charge is 0.465 e. The standard InChI is InChI=1S/C7H11IO2.C2H5NO2/c1-6(9)7(2)10-5-3-4-8;1-3-2(4)5/h6-7,9H,5H2,1-2H3;3H,1H3,(H,4,5). The van der Waals surface area contributed by atoms with Gasteiger partial charge in [0.15, 0.2) is 0 Å². The number of halogens is 1. The van der Waals surface area contributed by atoms with E-state index in [9.17, 15) is 4.79 Å². The zero-order chi connectivity index (χ0) is 12.3. The minimum absolute atomic E-state index is 0.128. The minimum Gasteiger partial charge on any atom is -0.465 e. The van der Waals surface area contributed by atoms with Crippen LogP contribution in [0.25, 0.3) is 0 Å². The van der Waals surface area contributed by atoms with Crippen molar-refractivity contribution in [2.75, 3.05) is 13.7 Å². The first-order valence-electron chi connectivity index (χ1n) is 4.24. The highest BCUT2D eigenvalue weighted by Crippen LogP contribution is 1.95. The molecule has 0 saturated heterocycles. The highest BCUT2D eigenvalue weighted by Gasteiger charge is 2.06. The van der Waals surface area contributed by atoms with E-state index >= 15 is 0 Å². The number of aliphatic hydroxyl groups excluding tert-OH is 1. The maximum Gasteiger partial charge on any atom is 0.404 e. The van der Waals surface area contributed by atoms with Crippen LogP contribution in [-0.2, 0) is 4.74 Å². The van der Waals surface area contributed by atoms with E-state index in [1.54, 1.807) is 6.92 Å². The summed E-state index contributed by atoms with van der Waals surface area (Å²) in [6, 6.07) is 0. The predicted octanol–water partition coefficient (Wildman–Crippen LogP) is 1.05. The van der Waals surface area contributed by atoms with E-state index in [0.717, 1.165) is 0 Å². The van der Waals surface area contributed by atoms with Gasteiger partial charge >= 0.3 is 6.09 Å². The second kappa shape index (κ2) is 11.6. The summed E-state index contributed by atoms with van der Waals surface area (Å²) in [6.45, 7) is 3.91. The van der Waals surface area contributed by atoms with E-state index in [1.165, 1.54) is 7.05 Å². The molecular weight excluding hydrogens is 313 g/mol. The van der Waals surface area contributed by atoms with Crippen molar-refractivity contribution in [3.63, 3.8) is 0 Å². The summed E-state index contributed by atoms with van der Waals surface area (Å²) in [4.78, 5) is 9.26. The Morgan fingerprint density at radius 1 is 1.60 bits per heavy atom. The van der Waals surface area contributed by atoms with Crippen molar-refractivity contribution in [1.82, 2.24) is 5.32 Å². The van der Waals surface area contributed by atoms with Crippen LogP contribution in [-0.4, -0.2) is 42.2 Å². The van der Waals surface area contributed by atoms with Crippen LogP contribution in [0.5, 0.6) is 0 Å². The molecule has 0 rings (SSSR count). The Hall–Kier alpha value is -0.520. The van der Waals surface area contributed by atoms with Gasteiger partial charge in [-0.3, -0.25) is 0 Å². The Kier molecular flexibility index (Phi) is 13.0. The van der Waals surface area contributed by atoms with Crippen molar-refractivity contribution in [2.24, 2.45) is 0 Å². The first-order valence-corrected chi connectivity index (χ1v) is 5.32. The number of amides is 1. The molecule has 0 aromatic heterocycles. The molecule has 0 spiro atoms. The van der Waals surface area contributed by atoms with Gasteiger partial charge in [0.25, 0.3) is 0 Å². The number of nitrogens with one attached hydrogen (secondary N) is 1. The molecule has 0 heterocycles. The van der Waals surface area contributed by atoms with E-state index in [2.05, 4.69) is 9.85 Å². The third kappa shape index (κ3) is 16.2. The van der Waals surface area contributed by atoms with Gasteiger partial charge in [0, 0.05) is 29.6 Å². The van der Waals surface area contributed by atoms with Gasteiger partial charge in [-0.25, -0.2) is 4.79 Å². The fourth-order valence-electron chi connectivity index (χ4n) is 0.340. The lowest BCUT2D eigenvalue weighted by Gasteiger charge is -2.12. The molecule has 6 heteroatoms. The van der Waals surface area contributed by atoms with E-state index in [4.69, 9.17) is 14.9 Å². The summed E-state index contributed by atoms with van der Waals surface area (Å²) in [5.74, 6) is 2.74. The molecule has 88 valence electrons. The predicted molar refractivity (Wildman–Crippen MR) is 66.0 cm³/mol. The average Bonchev–Trinajstić information content (AvgIpc) is 2.18. The van der Waals surface area contributed by atoms with Crippen LogP contribution in [0.4, 0.5) is 4.79 Å². The van der Waals surface area contributed by atoms with Gasteiger partial charge in [0.05, 0.1) is 12.2 Å². The Morgan fingerprint density at radius 2 is 2.07 bits per heavy atom. The molecule has 0 fully saturated rings. The summed E-state index contributed by atoms with van der Waals surface area (Å²) in [5, 5.41) is 18.5. The number of rotatable bonds is 3. The summed E-state index contributed by atoms with van der Waals surface area (Å²) in [6.07, 6.45) is -1.54. The van der Waals surface area contributed by atoms with Crippen molar-refractivity contribution < 1.29 is 19.7 Å². The molecule has 5 nitrogen and oxygen atoms in total. The maximum absolute atomic E-state index is 9.26. The highest BCUT2D eigenvalue weighted by molar-refractivity contribution is 14.1. The third-order valence-electron chi connectivity index (χ3n) is 1.38. The third-order valence-corrected chi connectivity index (χ3v) is 1.76. The summed E-state index contributed by atoms with van der Waals surface area (Å²) in [5.41, 5.74) is 0. The summed E-state index contributed by atoms with van der Waals surface area (Å²) < 4.78 is 7.79. The highest BCUT2D eigenvalue weighted by atomic mass is 127. The van der Waals surface area contributed by atoms with Gasteiger partial charge in [-0.05, 0) is 17.8 Å². The number of ether oxygens (including phenoxy) is 1. The first-order chi connectivity index (χ1) is 6.95. The zero-order valence-electron chi connectivity index (χ0n) is 8.95. The fourth-order valence-corrected chi connectivity index (χ4v) is 0.495. The lowest BCUT2D eigenvalue weighted by atomic mass is 10.3. The van der Waals surface area contributed by atoms with Crippen LogP contribution in [0.2, 0.25) is 0 Å². The molecule has 2 atom stereocenters. The molecule has 0 aliphatic rings. The fraction of sp³-hybridized carbons (Fsp3) is 0.667. The molecule has 0 radical (unpaired) electrons. The normalized spacial score (nSPS) is 12.3. The van der Waals surface area contributed by atoms with E-state index in [-0.39, 0.29) is 6.10 Å². The molecule has 0 aliphatic heterocycles. The van der Waals surface area contributed by atoms with Crippen molar-refractivity contribution in [3.05, 3.63) is 0 Å². The molecule has 3 N–H and O–H groups in total. The van der Waals surface area contributed by atoms with Crippen LogP contribution in [0.3, 0.4) is 0 Å². The molecular formula is C9H16INO4.